The molecule has 4 rings (SSSR count). The third-order valence-electron chi connectivity index (χ3n) is 5.83. The molecule has 1 aromatic carbocycles. The molecule has 2 N–H and O–H groups in total. The van der Waals surface area contributed by atoms with Gasteiger partial charge in [-0.05, 0) is 37.8 Å². The van der Waals surface area contributed by atoms with E-state index in [1.807, 2.05) is 18.9 Å². The van der Waals surface area contributed by atoms with Gasteiger partial charge in [0.05, 0.1) is 30.7 Å². The maximum absolute atomic E-state index is 12.8. The van der Waals surface area contributed by atoms with Crippen LogP contribution in [0, 0.1) is 12.8 Å². The number of nitrogens with zero attached hydrogens (tertiary/aromatic N) is 3. The number of aryl methyl sites for hydroxylation is 1. The quantitative estimate of drug-likeness (QED) is 0.777. The number of rotatable bonds is 3. The Hall–Kier alpha value is -2.59. The molecule has 2 aliphatic rings. The van der Waals surface area contributed by atoms with Crippen LogP contribution in [0.5, 0.6) is 5.75 Å². The van der Waals surface area contributed by atoms with Crippen LogP contribution in [0.3, 0.4) is 0 Å². The van der Waals surface area contributed by atoms with Crippen molar-refractivity contribution in [2.75, 3.05) is 25.5 Å². The third-order valence-corrected chi connectivity index (χ3v) is 7.33. The highest BCUT2D eigenvalue weighted by Gasteiger charge is 2.36. The zero-order valence-electron chi connectivity index (χ0n) is 16.7. The molecule has 0 bridgehead atoms. The average molecular weight is 420 g/mol. The molecular formula is C19H25N5O4S. The normalized spacial score (nSPS) is 21.3. The van der Waals surface area contributed by atoms with Gasteiger partial charge in [0.1, 0.15) is 10.6 Å². The van der Waals surface area contributed by atoms with Gasteiger partial charge in [0, 0.05) is 31.9 Å². The highest BCUT2D eigenvalue weighted by Crippen LogP contribution is 2.33. The molecule has 3 heterocycles. The maximum Gasteiger partial charge on any atom is 0.257 e. The predicted octanol–water partition coefficient (Wildman–Crippen LogP) is 1.32. The lowest BCUT2D eigenvalue weighted by Gasteiger charge is -2.39. The van der Waals surface area contributed by atoms with Crippen molar-refractivity contribution in [2.24, 2.45) is 13.0 Å². The Morgan fingerprint density at radius 1 is 1.28 bits per heavy atom. The van der Waals surface area contributed by atoms with E-state index in [0.29, 0.717) is 42.9 Å². The molecule has 0 radical (unpaired) electrons. The molecule has 2 aromatic rings. The fourth-order valence-corrected chi connectivity index (χ4v) is 5.31. The van der Waals surface area contributed by atoms with Gasteiger partial charge in [-0.3, -0.25) is 9.48 Å². The van der Waals surface area contributed by atoms with Crippen molar-refractivity contribution in [2.45, 2.75) is 30.8 Å². The lowest BCUT2D eigenvalue weighted by molar-refractivity contribution is 0.0678. The predicted molar refractivity (Wildman–Crippen MR) is 107 cm³/mol. The van der Waals surface area contributed by atoms with Crippen molar-refractivity contribution < 1.29 is 17.9 Å². The molecule has 1 aromatic heterocycles. The summed E-state index contributed by atoms with van der Waals surface area (Å²) in [6.07, 6.45) is 2.58. The van der Waals surface area contributed by atoms with Crippen LogP contribution in [0.15, 0.2) is 29.3 Å². The minimum Gasteiger partial charge on any atom is -0.497 e. The number of piperidine rings is 1. The van der Waals surface area contributed by atoms with Crippen LogP contribution in [0.2, 0.25) is 0 Å². The third kappa shape index (κ3) is 3.58. The number of hydrogen-bond donors (Lipinski definition) is 2. The first-order valence-corrected chi connectivity index (χ1v) is 11.0. The molecule has 156 valence electrons. The number of carbonyl (C=O) groups is 1. The summed E-state index contributed by atoms with van der Waals surface area (Å²) in [7, 11) is -0.242. The second-order valence-corrected chi connectivity index (χ2v) is 9.18. The van der Waals surface area contributed by atoms with Gasteiger partial charge >= 0.3 is 0 Å². The van der Waals surface area contributed by atoms with Crippen molar-refractivity contribution in [3.63, 3.8) is 0 Å². The monoisotopic (exact) mass is 419 g/mol. The Labute approximate surface area is 170 Å². The Morgan fingerprint density at radius 3 is 2.62 bits per heavy atom. The number of benzene rings is 1. The highest BCUT2D eigenvalue weighted by molar-refractivity contribution is 7.89. The number of likely N-dealkylation sites (tertiary alicyclic amines) is 1. The van der Waals surface area contributed by atoms with E-state index in [2.05, 4.69) is 15.1 Å². The van der Waals surface area contributed by atoms with Crippen LogP contribution in [0.25, 0.3) is 0 Å². The summed E-state index contributed by atoms with van der Waals surface area (Å²) in [6.45, 7) is 3.02. The Kier molecular flexibility index (Phi) is 4.99. The fraction of sp³-hybridized carbons (Fsp3) is 0.474. The summed E-state index contributed by atoms with van der Waals surface area (Å²) in [5.74, 6) is 0.642. The Morgan fingerprint density at radius 2 is 2.00 bits per heavy atom. The van der Waals surface area contributed by atoms with Gasteiger partial charge < -0.3 is 15.0 Å². The summed E-state index contributed by atoms with van der Waals surface area (Å²) in [6, 6.07) is 4.87. The minimum atomic E-state index is -3.60. The van der Waals surface area contributed by atoms with Crippen LogP contribution in [-0.2, 0) is 17.1 Å². The van der Waals surface area contributed by atoms with E-state index in [0.717, 1.165) is 5.69 Å². The second-order valence-electron chi connectivity index (χ2n) is 7.50. The summed E-state index contributed by atoms with van der Waals surface area (Å²) >= 11 is 0. The molecule has 9 nitrogen and oxygen atoms in total. The zero-order valence-corrected chi connectivity index (χ0v) is 17.5. The SMILES string of the molecule is COc1ccc2c(c1)N[C@@H](C1CCN(C(=O)c3cnn(C)c3C)CC1)NS2(=O)=O. The van der Waals surface area contributed by atoms with E-state index >= 15 is 0 Å². The molecule has 1 atom stereocenters. The van der Waals surface area contributed by atoms with Crippen molar-refractivity contribution >= 4 is 21.6 Å². The van der Waals surface area contributed by atoms with Crippen LogP contribution in [0.1, 0.15) is 28.9 Å². The van der Waals surface area contributed by atoms with Gasteiger partial charge in [-0.1, -0.05) is 0 Å². The van der Waals surface area contributed by atoms with E-state index in [1.165, 1.54) is 6.07 Å². The summed E-state index contributed by atoms with van der Waals surface area (Å²) < 4.78 is 35.0. The van der Waals surface area contributed by atoms with Crippen molar-refractivity contribution in [3.05, 3.63) is 35.7 Å². The number of hydrogen-bond acceptors (Lipinski definition) is 6. The van der Waals surface area contributed by atoms with E-state index in [1.54, 1.807) is 30.1 Å². The van der Waals surface area contributed by atoms with Gasteiger partial charge in [-0.25, -0.2) is 8.42 Å². The molecule has 0 unspecified atom stereocenters. The molecule has 2 aliphatic heterocycles. The van der Waals surface area contributed by atoms with E-state index in [9.17, 15) is 13.2 Å². The number of aromatic nitrogens is 2. The summed E-state index contributed by atoms with van der Waals surface area (Å²) in [4.78, 5) is 14.8. The number of amides is 1. The van der Waals surface area contributed by atoms with Crippen LogP contribution in [0.4, 0.5) is 5.69 Å². The van der Waals surface area contributed by atoms with Gasteiger partial charge in [0.15, 0.2) is 0 Å². The average Bonchev–Trinajstić information content (AvgIpc) is 3.05. The van der Waals surface area contributed by atoms with Crippen LogP contribution < -0.4 is 14.8 Å². The number of nitrogens with one attached hydrogen (secondary N) is 2. The standard InChI is InChI=1S/C19H25N5O4S/c1-12-15(11-20-23(12)2)19(25)24-8-6-13(7-9-24)18-21-16-10-14(28-3)4-5-17(16)29(26,27)22-18/h4-5,10-11,13,18,21-22H,6-9H2,1-3H3/t18-/m1/s1. The molecule has 0 aliphatic carbocycles. The molecule has 0 spiro atoms. The number of methoxy groups -OCH3 is 1. The van der Waals surface area contributed by atoms with Crippen molar-refractivity contribution in [1.29, 1.82) is 0 Å². The molecule has 29 heavy (non-hydrogen) atoms. The van der Waals surface area contributed by atoms with Gasteiger partial charge in [0.2, 0.25) is 10.0 Å². The molecule has 1 amide bonds. The molecule has 0 saturated carbocycles. The number of sulfonamides is 1. The fourth-order valence-electron chi connectivity index (χ4n) is 3.94. The number of fused-ring (bicyclic) bond motifs is 1. The number of carbonyl (C=O) groups excluding carboxylic acids is 1. The zero-order chi connectivity index (χ0) is 20.8. The van der Waals surface area contributed by atoms with Crippen LogP contribution >= 0.6 is 0 Å². The first-order valence-electron chi connectivity index (χ1n) is 9.55. The van der Waals surface area contributed by atoms with Gasteiger partial charge in [-0.15, -0.1) is 0 Å². The first-order chi connectivity index (χ1) is 13.8. The maximum atomic E-state index is 12.8. The second kappa shape index (κ2) is 7.34. The lowest BCUT2D eigenvalue weighted by Crippen LogP contribution is -2.52. The Bertz CT molecular complexity index is 1040. The topological polar surface area (TPSA) is 106 Å². The van der Waals surface area contributed by atoms with E-state index < -0.39 is 16.2 Å². The summed E-state index contributed by atoms with van der Waals surface area (Å²) in [5, 5.41) is 7.44. The molecular weight excluding hydrogens is 394 g/mol. The van der Waals surface area contributed by atoms with E-state index in [4.69, 9.17) is 4.74 Å². The smallest absolute Gasteiger partial charge is 0.257 e. The van der Waals surface area contributed by atoms with E-state index in [-0.39, 0.29) is 16.7 Å². The molecule has 1 fully saturated rings. The highest BCUT2D eigenvalue weighted by atomic mass is 32.2. The lowest BCUT2D eigenvalue weighted by atomic mass is 9.93. The minimum absolute atomic E-state index is 0.0266. The van der Waals surface area contributed by atoms with Crippen molar-refractivity contribution in [1.82, 2.24) is 19.4 Å². The Balaban J connectivity index is 1.46. The van der Waals surface area contributed by atoms with Gasteiger partial charge in [-0.2, -0.15) is 9.82 Å². The summed E-state index contributed by atoms with van der Waals surface area (Å²) in [5.41, 5.74) is 1.99. The number of anilines is 1. The van der Waals surface area contributed by atoms with Crippen molar-refractivity contribution in [3.8, 4) is 5.75 Å². The van der Waals surface area contributed by atoms with Gasteiger partial charge in [0.25, 0.3) is 5.91 Å². The first kappa shape index (κ1) is 19.7. The molecule has 1 saturated heterocycles. The molecule has 10 heteroatoms. The number of ether oxygens (including phenoxy) is 1. The van der Waals surface area contributed by atoms with Crippen LogP contribution in [-0.4, -0.2) is 55.4 Å². The largest absolute Gasteiger partial charge is 0.497 e.